The van der Waals surface area contributed by atoms with Crippen LogP contribution in [0.5, 0.6) is 0 Å². The highest BCUT2D eigenvalue weighted by molar-refractivity contribution is 5.97. The van der Waals surface area contributed by atoms with Gasteiger partial charge >= 0.3 is 12.2 Å². The van der Waals surface area contributed by atoms with Crippen LogP contribution in [0.25, 0.3) is 33.5 Å². The van der Waals surface area contributed by atoms with Crippen LogP contribution in [-0.4, -0.2) is 95.1 Å². The van der Waals surface area contributed by atoms with Gasteiger partial charge in [-0.05, 0) is 129 Å². The molecule has 0 aliphatic carbocycles. The molecule has 3 fully saturated rings. The first-order chi connectivity index (χ1) is 26.6. The number of nitrogens with zero attached hydrogens (tertiary/aromatic N) is 6. The molecule has 6 heterocycles. The maximum Gasteiger partial charge on any atom is 0.410 e. The molecule has 2 bridgehead atoms. The number of hydrogen-bond acceptors (Lipinski definition) is 9. The lowest BCUT2D eigenvalue weighted by Gasteiger charge is -2.39. The van der Waals surface area contributed by atoms with Gasteiger partial charge in [0.25, 0.3) is 5.91 Å². The van der Waals surface area contributed by atoms with Gasteiger partial charge in [0.05, 0.1) is 18.3 Å². The number of aromatic nitrogens is 5. The second kappa shape index (κ2) is 15.5. The minimum atomic E-state index is -0.597. The number of carbonyl (C=O) groups is 3. The van der Waals surface area contributed by atoms with E-state index in [1.807, 2.05) is 71.2 Å². The van der Waals surface area contributed by atoms with Gasteiger partial charge in [0.2, 0.25) is 0 Å². The molecule has 3 aromatic heterocycles. The zero-order valence-electron chi connectivity index (χ0n) is 34.0. The van der Waals surface area contributed by atoms with Gasteiger partial charge in [-0.2, -0.15) is 5.10 Å². The molecule has 0 spiro atoms. The van der Waals surface area contributed by atoms with Crippen molar-refractivity contribution < 1.29 is 28.6 Å². The maximum absolute atomic E-state index is 13.7. The van der Waals surface area contributed by atoms with Crippen molar-refractivity contribution in [2.45, 2.75) is 142 Å². The Bertz CT molecular complexity index is 2070. The Labute approximate surface area is 328 Å². The van der Waals surface area contributed by atoms with E-state index in [4.69, 9.17) is 19.3 Å². The van der Waals surface area contributed by atoms with Crippen molar-refractivity contribution in [3.8, 4) is 22.6 Å². The predicted molar refractivity (Wildman–Crippen MR) is 212 cm³/mol. The number of imidazole rings is 1. The molecule has 3 amide bonds. The summed E-state index contributed by atoms with van der Waals surface area (Å²) in [6.45, 7) is 16.7. The van der Waals surface area contributed by atoms with Crippen molar-refractivity contribution in [3.63, 3.8) is 0 Å². The van der Waals surface area contributed by atoms with E-state index in [9.17, 15) is 14.4 Å². The fourth-order valence-corrected chi connectivity index (χ4v) is 8.20. The molecule has 56 heavy (non-hydrogen) atoms. The van der Waals surface area contributed by atoms with Gasteiger partial charge in [-0.1, -0.05) is 6.07 Å². The Hall–Kier alpha value is -4.98. The van der Waals surface area contributed by atoms with Crippen LogP contribution in [0.2, 0.25) is 0 Å². The van der Waals surface area contributed by atoms with Gasteiger partial charge in [0.15, 0.2) is 12.1 Å². The minimum Gasteiger partial charge on any atom is -0.444 e. The van der Waals surface area contributed by atoms with Crippen LogP contribution >= 0.6 is 0 Å². The Morgan fingerprint density at radius 3 is 2.38 bits per heavy atom. The molecule has 3 atom stereocenters. The van der Waals surface area contributed by atoms with Crippen LogP contribution < -0.4 is 5.32 Å². The maximum atomic E-state index is 13.7. The van der Waals surface area contributed by atoms with E-state index in [-0.39, 0.29) is 42.4 Å². The third kappa shape index (κ3) is 8.40. The van der Waals surface area contributed by atoms with Crippen LogP contribution in [0.1, 0.15) is 121 Å². The quantitative estimate of drug-likeness (QED) is 0.182. The number of ether oxygens (including phenoxy) is 3. The number of piperidine rings is 1. The lowest BCUT2D eigenvalue weighted by atomic mass is 9.97. The second-order valence-electron chi connectivity index (χ2n) is 17.4. The number of pyridine rings is 1. The number of nitrogens with one attached hydrogen (secondary N) is 2. The first kappa shape index (κ1) is 39.3. The summed E-state index contributed by atoms with van der Waals surface area (Å²) in [4.78, 5) is 55.7. The smallest absolute Gasteiger partial charge is 0.410 e. The van der Waals surface area contributed by atoms with E-state index >= 15 is 0 Å². The van der Waals surface area contributed by atoms with Gasteiger partial charge in [-0.25, -0.2) is 19.3 Å². The fraction of sp³-hybridized carbons (Fsp3) is 0.571. The van der Waals surface area contributed by atoms with E-state index < -0.39 is 11.2 Å². The van der Waals surface area contributed by atoms with Crippen molar-refractivity contribution in [1.82, 2.24) is 39.8 Å². The summed E-state index contributed by atoms with van der Waals surface area (Å²) in [7, 11) is 0. The standard InChI is InChI=1S/C42H56N8O6/c1-9-48(39(52)55-41(3,4)5)24-27-21-43-22-32(25(27)2)26-13-16-34-31(18-26)36(47-50(34)35-12-10-11-17-54-35)37-44-23-33(46-37)38(51)45-28-19-29-14-15-30(20-28)49(29)40(53)56-42(6,7)8/h13,16,18,21-23,28-30,35H,9-12,14-15,17,19-20,24H2,1-8H3,(H,44,46)(H,45,51). The molecule has 7 rings (SSSR count). The monoisotopic (exact) mass is 768 g/mol. The highest BCUT2D eigenvalue weighted by Gasteiger charge is 2.45. The highest BCUT2D eigenvalue weighted by Crippen LogP contribution is 2.38. The molecule has 3 aliphatic heterocycles. The fourth-order valence-electron chi connectivity index (χ4n) is 8.20. The van der Waals surface area contributed by atoms with Crippen molar-refractivity contribution in [1.29, 1.82) is 0 Å². The van der Waals surface area contributed by atoms with Gasteiger partial charge < -0.3 is 34.3 Å². The lowest BCUT2D eigenvalue weighted by molar-refractivity contribution is -0.0365. The molecule has 4 aromatic rings. The minimum absolute atomic E-state index is 0.0350. The number of fused-ring (bicyclic) bond motifs is 3. The molecular weight excluding hydrogens is 713 g/mol. The topological polar surface area (TPSA) is 157 Å². The molecule has 1 aromatic carbocycles. The number of carbonyl (C=O) groups excluding carboxylic acids is 3. The van der Waals surface area contributed by atoms with Crippen LogP contribution in [0, 0.1) is 6.92 Å². The SMILES string of the molecule is CCN(Cc1cncc(-c2ccc3c(c2)c(-c2ncc(C(=O)NC4CC5CCC(C4)N5C(=O)OC(C)(C)C)[nH]2)nn3C2CCCCO2)c1C)C(=O)OC(C)(C)C. The number of benzene rings is 1. The van der Waals surface area contributed by atoms with Gasteiger partial charge in [0.1, 0.15) is 22.6 Å². The summed E-state index contributed by atoms with van der Waals surface area (Å²) in [5, 5.41) is 9.13. The number of H-pyrrole nitrogens is 1. The third-order valence-electron chi connectivity index (χ3n) is 10.9. The Kier molecular flexibility index (Phi) is 10.9. The zero-order chi connectivity index (χ0) is 39.9. The largest absolute Gasteiger partial charge is 0.444 e. The van der Waals surface area contributed by atoms with E-state index in [2.05, 4.69) is 38.5 Å². The number of hydrogen-bond donors (Lipinski definition) is 2. The summed E-state index contributed by atoms with van der Waals surface area (Å²) in [6.07, 6.45) is 10.4. The zero-order valence-corrected chi connectivity index (χ0v) is 34.0. The third-order valence-corrected chi connectivity index (χ3v) is 10.9. The first-order valence-corrected chi connectivity index (χ1v) is 20.0. The van der Waals surface area contributed by atoms with E-state index in [1.165, 1.54) is 0 Å². The molecule has 0 radical (unpaired) electrons. The molecule has 3 aliphatic rings. The molecule has 14 heteroatoms. The van der Waals surface area contributed by atoms with Crippen LogP contribution in [-0.2, 0) is 20.8 Å². The first-order valence-electron chi connectivity index (χ1n) is 20.0. The van der Waals surface area contributed by atoms with Crippen molar-refractivity contribution in [2.24, 2.45) is 0 Å². The molecule has 14 nitrogen and oxygen atoms in total. The molecule has 2 N–H and O–H groups in total. The van der Waals surface area contributed by atoms with E-state index in [0.717, 1.165) is 65.3 Å². The molecule has 300 valence electrons. The average Bonchev–Trinajstić information content (AvgIpc) is 3.84. The summed E-state index contributed by atoms with van der Waals surface area (Å²) < 4.78 is 19.5. The Morgan fingerprint density at radius 2 is 1.71 bits per heavy atom. The van der Waals surface area contributed by atoms with Crippen molar-refractivity contribution in [3.05, 3.63) is 53.6 Å². The highest BCUT2D eigenvalue weighted by atomic mass is 16.6. The Morgan fingerprint density at radius 1 is 0.982 bits per heavy atom. The molecule has 0 saturated carbocycles. The summed E-state index contributed by atoms with van der Waals surface area (Å²) in [5.74, 6) is 0.233. The predicted octanol–water partition coefficient (Wildman–Crippen LogP) is 7.91. The second-order valence-corrected chi connectivity index (χ2v) is 17.4. The normalized spacial score (nSPS) is 21.2. The molecule has 3 saturated heterocycles. The van der Waals surface area contributed by atoms with E-state index in [1.54, 1.807) is 17.3 Å². The van der Waals surface area contributed by atoms with E-state index in [0.29, 0.717) is 49.8 Å². The van der Waals surface area contributed by atoms with Gasteiger partial charge in [-0.3, -0.25) is 9.78 Å². The molecule has 3 unspecified atom stereocenters. The van der Waals surface area contributed by atoms with Crippen LogP contribution in [0.4, 0.5) is 9.59 Å². The number of rotatable bonds is 8. The van der Waals surface area contributed by atoms with Gasteiger partial charge in [-0.15, -0.1) is 0 Å². The van der Waals surface area contributed by atoms with Crippen LogP contribution in [0.3, 0.4) is 0 Å². The van der Waals surface area contributed by atoms with Crippen molar-refractivity contribution >= 4 is 29.0 Å². The molecular formula is C42H56N8O6. The number of aromatic amines is 1. The lowest BCUT2D eigenvalue weighted by Crippen LogP contribution is -2.53. The van der Waals surface area contributed by atoms with Gasteiger partial charge in [0, 0.05) is 54.6 Å². The average molecular weight is 769 g/mol. The van der Waals surface area contributed by atoms with Crippen LogP contribution in [0.15, 0.2) is 36.8 Å². The number of amides is 3. The summed E-state index contributed by atoms with van der Waals surface area (Å²) in [5.41, 5.74) is 4.50. The summed E-state index contributed by atoms with van der Waals surface area (Å²) >= 11 is 0. The Balaban J connectivity index is 1.14. The van der Waals surface area contributed by atoms with Crippen molar-refractivity contribution in [2.75, 3.05) is 13.2 Å². The summed E-state index contributed by atoms with van der Waals surface area (Å²) in [6, 6.07) is 6.21.